The van der Waals surface area contributed by atoms with Crippen LogP contribution in [0.5, 0.6) is 5.88 Å². The van der Waals surface area contributed by atoms with Crippen molar-refractivity contribution >= 4 is 5.82 Å². The highest BCUT2D eigenvalue weighted by atomic mass is 16.5. The van der Waals surface area contributed by atoms with Crippen LogP contribution in [-0.4, -0.2) is 23.1 Å². The van der Waals surface area contributed by atoms with Gasteiger partial charge in [-0.2, -0.15) is 0 Å². The lowest BCUT2D eigenvalue weighted by atomic mass is 10.1. The summed E-state index contributed by atoms with van der Waals surface area (Å²) in [4.78, 5) is 8.41. The second-order valence-corrected chi connectivity index (χ2v) is 4.69. The molecule has 20 heavy (non-hydrogen) atoms. The SMILES string of the molecule is CCOc1ncnc(NCCc2ccccc2C)c1C. The minimum absolute atomic E-state index is 0.612. The molecule has 0 saturated heterocycles. The molecule has 1 heterocycles. The van der Waals surface area contributed by atoms with Gasteiger partial charge < -0.3 is 10.1 Å². The third-order valence-electron chi connectivity index (χ3n) is 3.27. The van der Waals surface area contributed by atoms with Gasteiger partial charge in [-0.3, -0.25) is 0 Å². The Labute approximate surface area is 120 Å². The lowest BCUT2D eigenvalue weighted by Crippen LogP contribution is -2.10. The third kappa shape index (κ3) is 3.47. The van der Waals surface area contributed by atoms with E-state index in [1.165, 1.54) is 17.5 Å². The lowest BCUT2D eigenvalue weighted by molar-refractivity contribution is 0.324. The molecule has 0 aliphatic heterocycles. The maximum Gasteiger partial charge on any atom is 0.221 e. The van der Waals surface area contributed by atoms with Gasteiger partial charge in [-0.1, -0.05) is 24.3 Å². The molecular formula is C16H21N3O. The predicted molar refractivity (Wildman–Crippen MR) is 81.3 cm³/mol. The van der Waals surface area contributed by atoms with Crippen molar-refractivity contribution in [3.63, 3.8) is 0 Å². The molecule has 4 heteroatoms. The number of aromatic nitrogens is 2. The number of nitrogens with zero attached hydrogens (tertiary/aromatic N) is 2. The van der Waals surface area contributed by atoms with E-state index in [0.29, 0.717) is 12.5 Å². The van der Waals surface area contributed by atoms with Crippen molar-refractivity contribution in [1.82, 2.24) is 9.97 Å². The second kappa shape index (κ2) is 6.89. The van der Waals surface area contributed by atoms with E-state index in [-0.39, 0.29) is 0 Å². The highest BCUT2D eigenvalue weighted by molar-refractivity contribution is 5.47. The Morgan fingerprint density at radius 2 is 1.95 bits per heavy atom. The Hall–Kier alpha value is -2.10. The number of rotatable bonds is 6. The lowest BCUT2D eigenvalue weighted by Gasteiger charge is -2.12. The van der Waals surface area contributed by atoms with Crippen LogP contribution >= 0.6 is 0 Å². The van der Waals surface area contributed by atoms with E-state index in [1.54, 1.807) is 0 Å². The van der Waals surface area contributed by atoms with Gasteiger partial charge in [0.05, 0.1) is 12.2 Å². The second-order valence-electron chi connectivity index (χ2n) is 4.69. The molecule has 2 aromatic rings. The Morgan fingerprint density at radius 1 is 1.15 bits per heavy atom. The van der Waals surface area contributed by atoms with Crippen molar-refractivity contribution in [3.05, 3.63) is 47.3 Å². The quantitative estimate of drug-likeness (QED) is 0.876. The minimum atomic E-state index is 0.612. The standard InChI is InChI=1S/C16H21N3O/c1-4-20-16-13(3)15(18-11-19-16)17-10-9-14-8-6-5-7-12(14)2/h5-8,11H,4,9-10H2,1-3H3,(H,17,18,19). The molecule has 0 saturated carbocycles. The van der Waals surface area contributed by atoms with Gasteiger partial charge in [0.1, 0.15) is 12.1 Å². The molecule has 0 unspecified atom stereocenters. The average molecular weight is 271 g/mol. The number of aryl methyl sites for hydroxylation is 1. The van der Waals surface area contributed by atoms with Crippen molar-refractivity contribution < 1.29 is 4.74 Å². The third-order valence-corrected chi connectivity index (χ3v) is 3.27. The predicted octanol–water partition coefficient (Wildman–Crippen LogP) is 3.15. The van der Waals surface area contributed by atoms with Crippen LogP contribution in [0.1, 0.15) is 23.6 Å². The first-order valence-corrected chi connectivity index (χ1v) is 6.95. The molecule has 4 nitrogen and oxygen atoms in total. The summed E-state index contributed by atoms with van der Waals surface area (Å²) >= 11 is 0. The molecule has 0 bridgehead atoms. The van der Waals surface area contributed by atoms with E-state index >= 15 is 0 Å². The Kier molecular flexibility index (Phi) is 4.93. The normalized spacial score (nSPS) is 10.3. The topological polar surface area (TPSA) is 47.0 Å². The fourth-order valence-electron chi connectivity index (χ4n) is 2.10. The van der Waals surface area contributed by atoms with Crippen LogP contribution in [-0.2, 0) is 6.42 Å². The maximum atomic E-state index is 5.47. The largest absolute Gasteiger partial charge is 0.478 e. The maximum absolute atomic E-state index is 5.47. The van der Waals surface area contributed by atoms with Gasteiger partial charge in [0.15, 0.2) is 0 Å². The minimum Gasteiger partial charge on any atom is -0.478 e. The van der Waals surface area contributed by atoms with Crippen LogP contribution in [0.2, 0.25) is 0 Å². The first-order valence-electron chi connectivity index (χ1n) is 6.95. The van der Waals surface area contributed by atoms with E-state index < -0.39 is 0 Å². The van der Waals surface area contributed by atoms with Gasteiger partial charge in [0.25, 0.3) is 0 Å². The zero-order valence-electron chi connectivity index (χ0n) is 12.3. The van der Waals surface area contributed by atoms with Crippen molar-refractivity contribution in [2.75, 3.05) is 18.5 Å². The molecular weight excluding hydrogens is 250 g/mol. The van der Waals surface area contributed by atoms with Crippen LogP contribution in [0.4, 0.5) is 5.82 Å². The first-order chi connectivity index (χ1) is 9.72. The van der Waals surface area contributed by atoms with Gasteiger partial charge in [-0.25, -0.2) is 9.97 Å². The zero-order chi connectivity index (χ0) is 14.4. The van der Waals surface area contributed by atoms with E-state index in [0.717, 1.165) is 24.3 Å². The van der Waals surface area contributed by atoms with Gasteiger partial charge in [0.2, 0.25) is 5.88 Å². The van der Waals surface area contributed by atoms with Gasteiger partial charge >= 0.3 is 0 Å². The summed E-state index contributed by atoms with van der Waals surface area (Å²) < 4.78 is 5.47. The van der Waals surface area contributed by atoms with Crippen molar-refractivity contribution in [1.29, 1.82) is 0 Å². The molecule has 106 valence electrons. The molecule has 0 amide bonds. The molecule has 1 aromatic heterocycles. The highest BCUT2D eigenvalue weighted by Crippen LogP contribution is 2.20. The van der Waals surface area contributed by atoms with E-state index in [2.05, 4.69) is 46.5 Å². The van der Waals surface area contributed by atoms with Crippen LogP contribution in [0.15, 0.2) is 30.6 Å². The average Bonchev–Trinajstić information content (AvgIpc) is 2.45. The molecule has 0 radical (unpaired) electrons. The number of hydrogen-bond acceptors (Lipinski definition) is 4. The molecule has 0 spiro atoms. The van der Waals surface area contributed by atoms with Gasteiger partial charge in [-0.15, -0.1) is 0 Å². The number of hydrogen-bond donors (Lipinski definition) is 1. The summed E-state index contributed by atoms with van der Waals surface area (Å²) in [7, 11) is 0. The summed E-state index contributed by atoms with van der Waals surface area (Å²) in [6.45, 7) is 7.52. The molecule has 0 aliphatic carbocycles. The van der Waals surface area contributed by atoms with Crippen LogP contribution < -0.4 is 10.1 Å². The molecule has 2 rings (SSSR count). The van der Waals surface area contributed by atoms with Crippen LogP contribution in [0.3, 0.4) is 0 Å². The van der Waals surface area contributed by atoms with E-state index in [1.807, 2.05) is 13.8 Å². The number of benzene rings is 1. The van der Waals surface area contributed by atoms with Crippen molar-refractivity contribution in [2.45, 2.75) is 27.2 Å². The fraction of sp³-hybridized carbons (Fsp3) is 0.375. The summed E-state index contributed by atoms with van der Waals surface area (Å²) in [5, 5.41) is 3.36. The fourth-order valence-corrected chi connectivity index (χ4v) is 2.10. The number of ether oxygens (including phenoxy) is 1. The Balaban J connectivity index is 1.98. The first kappa shape index (κ1) is 14.3. The Bertz CT molecular complexity index is 569. The Morgan fingerprint density at radius 3 is 2.70 bits per heavy atom. The smallest absolute Gasteiger partial charge is 0.221 e. The van der Waals surface area contributed by atoms with Gasteiger partial charge in [0, 0.05) is 6.54 Å². The zero-order valence-corrected chi connectivity index (χ0v) is 12.3. The molecule has 1 aromatic carbocycles. The monoisotopic (exact) mass is 271 g/mol. The molecule has 0 atom stereocenters. The van der Waals surface area contributed by atoms with Crippen LogP contribution in [0.25, 0.3) is 0 Å². The number of anilines is 1. The highest BCUT2D eigenvalue weighted by Gasteiger charge is 2.07. The van der Waals surface area contributed by atoms with Crippen molar-refractivity contribution in [2.24, 2.45) is 0 Å². The summed E-state index contributed by atoms with van der Waals surface area (Å²) in [5.74, 6) is 1.50. The van der Waals surface area contributed by atoms with E-state index in [9.17, 15) is 0 Å². The van der Waals surface area contributed by atoms with Crippen molar-refractivity contribution in [3.8, 4) is 5.88 Å². The number of nitrogens with one attached hydrogen (secondary N) is 1. The molecule has 0 aliphatic rings. The summed E-state index contributed by atoms with van der Waals surface area (Å²) in [5.41, 5.74) is 3.64. The van der Waals surface area contributed by atoms with Crippen LogP contribution in [0, 0.1) is 13.8 Å². The van der Waals surface area contributed by atoms with E-state index in [4.69, 9.17) is 4.74 Å². The molecule has 0 fully saturated rings. The molecule has 1 N–H and O–H groups in total. The summed E-state index contributed by atoms with van der Waals surface area (Å²) in [6.07, 6.45) is 2.51. The summed E-state index contributed by atoms with van der Waals surface area (Å²) in [6, 6.07) is 8.44. The van der Waals surface area contributed by atoms with Gasteiger partial charge in [-0.05, 0) is 38.3 Å².